The molecule has 1 heterocycles. The average Bonchev–Trinajstić information content (AvgIpc) is 2.33. The van der Waals surface area contributed by atoms with Crippen LogP contribution < -0.4 is 10.2 Å². The molecule has 7 nitrogen and oxygen atoms in total. The van der Waals surface area contributed by atoms with Crippen LogP contribution in [-0.2, 0) is 0 Å². The van der Waals surface area contributed by atoms with Gasteiger partial charge in [0.1, 0.15) is 5.82 Å². The molecule has 0 saturated carbocycles. The van der Waals surface area contributed by atoms with Crippen LogP contribution in [0.4, 0.5) is 17.3 Å². The fourth-order valence-electron chi connectivity index (χ4n) is 1.76. The third kappa shape index (κ3) is 4.06. The SMILES string of the molecule is CCN(CC(C)(C)O)c1nc(NC)ccc1[N+](=O)[O-]. The maximum atomic E-state index is 11.1. The zero-order valence-corrected chi connectivity index (χ0v) is 11.7. The van der Waals surface area contributed by atoms with E-state index in [0.29, 0.717) is 12.4 Å². The molecule has 1 aromatic rings. The Kier molecular flexibility index (Phi) is 4.66. The summed E-state index contributed by atoms with van der Waals surface area (Å²) in [6.45, 7) is 5.96. The highest BCUT2D eigenvalue weighted by Gasteiger charge is 2.25. The van der Waals surface area contributed by atoms with Crippen molar-refractivity contribution in [2.24, 2.45) is 0 Å². The van der Waals surface area contributed by atoms with Gasteiger partial charge < -0.3 is 15.3 Å². The number of aliphatic hydroxyl groups is 1. The Morgan fingerprint density at radius 2 is 2.16 bits per heavy atom. The smallest absolute Gasteiger partial charge is 0.311 e. The Morgan fingerprint density at radius 1 is 1.53 bits per heavy atom. The number of anilines is 2. The third-order valence-electron chi connectivity index (χ3n) is 2.57. The van der Waals surface area contributed by atoms with Gasteiger partial charge in [-0.15, -0.1) is 0 Å². The van der Waals surface area contributed by atoms with E-state index in [0.717, 1.165) is 0 Å². The lowest BCUT2D eigenvalue weighted by Gasteiger charge is -2.28. The lowest BCUT2D eigenvalue weighted by atomic mass is 10.1. The molecule has 106 valence electrons. The molecule has 0 fully saturated rings. The summed E-state index contributed by atoms with van der Waals surface area (Å²) in [6, 6.07) is 2.97. The predicted molar refractivity (Wildman–Crippen MR) is 74.6 cm³/mol. The summed E-state index contributed by atoms with van der Waals surface area (Å²) >= 11 is 0. The monoisotopic (exact) mass is 268 g/mol. The van der Waals surface area contributed by atoms with Gasteiger partial charge in [0, 0.05) is 26.2 Å². The van der Waals surface area contributed by atoms with Crippen molar-refractivity contribution in [3.63, 3.8) is 0 Å². The number of nitrogens with one attached hydrogen (secondary N) is 1. The molecule has 0 saturated heterocycles. The lowest BCUT2D eigenvalue weighted by molar-refractivity contribution is -0.384. The highest BCUT2D eigenvalue weighted by atomic mass is 16.6. The average molecular weight is 268 g/mol. The van der Waals surface area contributed by atoms with Gasteiger partial charge in [0.05, 0.1) is 10.5 Å². The number of hydrogen-bond donors (Lipinski definition) is 2. The topological polar surface area (TPSA) is 91.5 Å². The van der Waals surface area contributed by atoms with Gasteiger partial charge in [0.25, 0.3) is 0 Å². The Hall–Kier alpha value is -1.89. The maximum absolute atomic E-state index is 11.1. The molecule has 0 aliphatic carbocycles. The minimum atomic E-state index is -0.957. The second-order valence-corrected chi connectivity index (χ2v) is 4.87. The van der Waals surface area contributed by atoms with Crippen LogP contribution >= 0.6 is 0 Å². The van der Waals surface area contributed by atoms with Gasteiger partial charge in [0.15, 0.2) is 0 Å². The number of nitrogens with zero attached hydrogens (tertiary/aromatic N) is 3. The first-order valence-corrected chi connectivity index (χ1v) is 6.09. The predicted octanol–water partition coefficient (Wildman–Crippen LogP) is 1.63. The Balaban J connectivity index is 3.23. The molecule has 19 heavy (non-hydrogen) atoms. The van der Waals surface area contributed by atoms with Crippen molar-refractivity contribution in [3.8, 4) is 0 Å². The van der Waals surface area contributed by atoms with Gasteiger partial charge in [-0.05, 0) is 26.8 Å². The molecule has 7 heteroatoms. The molecular formula is C12H20N4O3. The van der Waals surface area contributed by atoms with E-state index in [1.807, 2.05) is 6.92 Å². The van der Waals surface area contributed by atoms with Crippen molar-refractivity contribution in [2.45, 2.75) is 26.4 Å². The van der Waals surface area contributed by atoms with Crippen LogP contribution in [0.2, 0.25) is 0 Å². The molecule has 0 bridgehead atoms. The maximum Gasteiger partial charge on any atom is 0.311 e. The molecule has 0 aliphatic heterocycles. The summed E-state index contributed by atoms with van der Waals surface area (Å²) in [5.41, 5.74) is -1.02. The van der Waals surface area contributed by atoms with Gasteiger partial charge in [-0.3, -0.25) is 10.1 Å². The molecule has 0 aromatic carbocycles. The third-order valence-corrected chi connectivity index (χ3v) is 2.57. The second kappa shape index (κ2) is 5.83. The van der Waals surface area contributed by atoms with Crippen LogP contribution in [0.25, 0.3) is 0 Å². The van der Waals surface area contributed by atoms with Gasteiger partial charge in [-0.25, -0.2) is 4.98 Å². The largest absolute Gasteiger partial charge is 0.389 e. The molecule has 2 N–H and O–H groups in total. The number of rotatable bonds is 6. The van der Waals surface area contributed by atoms with E-state index in [1.165, 1.54) is 6.07 Å². The second-order valence-electron chi connectivity index (χ2n) is 4.87. The number of pyridine rings is 1. The van der Waals surface area contributed by atoms with Crippen LogP contribution in [0.5, 0.6) is 0 Å². The first kappa shape index (κ1) is 15.2. The van der Waals surface area contributed by atoms with Crippen molar-refractivity contribution in [2.75, 3.05) is 30.4 Å². The molecule has 1 aromatic heterocycles. The minimum Gasteiger partial charge on any atom is -0.389 e. The summed E-state index contributed by atoms with van der Waals surface area (Å²) < 4.78 is 0. The van der Waals surface area contributed by atoms with Crippen LogP contribution in [0, 0.1) is 10.1 Å². The molecule has 0 radical (unpaired) electrons. The van der Waals surface area contributed by atoms with Gasteiger partial charge >= 0.3 is 5.69 Å². The number of likely N-dealkylation sites (N-methyl/N-ethyl adjacent to an activating group) is 1. The minimum absolute atomic E-state index is 0.0647. The van der Waals surface area contributed by atoms with E-state index in [2.05, 4.69) is 10.3 Å². The molecule has 0 unspecified atom stereocenters. The van der Waals surface area contributed by atoms with Crippen molar-refractivity contribution >= 4 is 17.3 Å². The molecule has 0 amide bonds. The Labute approximate surface area is 112 Å². The van der Waals surface area contributed by atoms with E-state index in [4.69, 9.17) is 0 Å². The first-order valence-electron chi connectivity index (χ1n) is 6.09. The van der Waals surface area contributed by atoms with Crippen LogP contribution in [0.15, 0.2) is 12.1 Å². The summed E-state index contributed by atoms with van der Waals surface area (Å²) in [6.07, 6.45) is 0. The van der Waals surface area contributed by atoms with Crippen molar-refractivity contribution in [1.29, 1.82) is 0 Å². The zero-order chi connectivity index (χ0) is 14.6. The van der Waals surface area contributed by atoms with Gasteiger partial charge in [-0.2, -0.15) is 0 Å². The van der Waals surface area contributed by atoms with E-state index >= 15 is 0 Å². The van der Waals surface area contributed by atoms with E-state index in [1.54, 1.807) is 31.9 Å². The molecule has 1 rings (SSSR count). The molecule has 0 spiro atoms. The highest BCUT2D eigenvalue weighted by molar-refractivity contribution is 5.61. The Bertz CT molecular complexity index is 457. The number of hydrogen-bond acceptors (Lipinski definition) is 6. The number of aromatic nitrogens is 1. The zero-order valence-electron chi connectivity index (χ0n) is 11.7. The quantitative estimate of drug-likeness (QED) is 0.602. The lowest BCUT2D eigenvalue weighted by Crippen LogP contribution is -2.39. The van der Waals surface area contributed by atoms with Crippen LogP contribution in [-0.4, -0.2) is 40.8 Å². The van der Waals surface area contributed by atoms with Gasteiger partial charge in [-0.1, -0.05) is 0 Å². The van der Waals surface area contributed by atoms with Crippen molar-refractivity contribution < 1.29 is 10.0 Å². The molecular weight excluding hydrogens is 248 g/mol. The summed E-state index contributed by atoms with van der Waals surface area (Å²) in [5, 5.41) is 23.8. The molecule has 0 aliphatic rings. The Morgan fingerprint density at radius 3 is 2.58 bits per heavy atom. The standard InChI is InChI=1S/C12H20N4O3/c1-5-15(8-12(2,3)17)11-9(16(18)19)6-7-10(13-4)14-11/h6-7,17H,5,8H2,1-4H3,(H,13,14). The normalized spacial score (nSPS) is 11.2. The fourth-order valence-corrected chi connectivity index (χ4v) is 1.76. The van der Waals surface area contributed by atoms with Gasteiger partial charge in [0.2, 0.25) is 5.82 Å². The summed E-state index contributed by atoms with van der Waals surface area (Å²) in [5.74, 6) is 0.816. The van der Waals surface area contributed by atoms with Crippen LogP contribution in [0.3, 0.4) is 0 Å². The molecule has 0 atom stereocenters. The first-order chi connectivity index (χ1) is 8.78. The summed E-state index contributed by atoms with van der Waals surface area (Å²) in [4.78, 5) is 16.5. The highest BCUT2D eigenvalue weighted by Crippen LogP contribution is 2.28. The van der Waals surface area contributed by atoms with E-state index < -0.39 is 10.5 Å². The van der Waals surface area contributed by atoms with Crippen LogP contribution in [0.1, 0.15) is 20.8 Å². The fraction of sp³-hybridized carbons (Fsp3) is 0.583. The van der Waals surface area contributed by atoms with Crippen molar-refractivity contribution in [1.82, 2.24) is 4.98 Å². The van der Waals surface area contributed by atoms with E-state index in [9.17, 15) is 15.2 Å². The van der Waals surface area contributed by atoms with E-state index in [-0.39, 0.29) is 18.1 Å². The number of nitro groups is 1. The summed E-state index contributed by atoms with van der Waals surface area (Å²) in [7, 11) is 1.70. The van der Waals surface area contributed by atoms with Crippen molar-refractivity contribution in [3.05, 3.63) is 22.2 Å².